The van der Waals surface area contributed by atoms with E-state index in [-0.39, 0.29) is 24.6 Å². The average Bonchev–Trinajstić information content (AvgIpc) is 2.78. The molecule has 0 heterocycles. The fourth-order valence-electron chi connectivity index (χ4n) is 3.06. The van der Waals surface area contributed by atoms with Crippen LogP contribution in [0.15, 0.2) is 60.7 Å². The van der Waals surface area contributed by atoms with Crippen molar-refractivity contribution >= 4 is 29.7 Å². The van der Waals surface area contributed by atoms with Gasteiger partial charge in [-0.1, -0.05) is 67.6 Å². The van der Waals surface area contributed by atoms with Gasteiger partial charge in [0.25, 0.3) is 0 Å². The molecular formula is C24H30N2O4S. The molecule has 3 amide bonds. The molecule has 0 aromatic heterocycles. The molecule has 0 unspecified atom stereocenters. The van der Waals surface area contributed by atoms with E-state index in [1.54, 1.807) is 0 Å². The number of nitrogens with zero attached hydrogens (tertiary/aromatic N) is 1. The summed E-state index contributed by atoms with van der Waals surface area (Å²) in [6.45, 7) is 2.14. The van der Waals surface area contributed by atoms with Crippen molar-refractivity contribution in [1.82, 2.24) is 10.2 Å². The van der Waals surface area contributed by atoms with E-state index < -0.39 is 18.0 Å². The van der Waals surface area contributed by atoms with Gasteiger partial charge in [-0.05, 0) is 30.4 Å². The van der Waals surface area contributed by atoms with E-state index in [1.165, 1.54) is 11.8 Å². The number of aryl methyl sites for hydroxylation is 1. The number of hydrogen-bond donors (Lipinski definition) is 2. The molecule has 2 aromatic rings. The fraction of sp³-hybridized carbons (Fsp3) is 0.375. The number of carboxylic acids is 1. The monoisotopic (exact) mass is 442 g/mol. The van der Waals surface area contributed by atoms with Crippen molar-refractivity contribution in [3.63, 3.8) is 0 Å². The maximum Gasteiger partial charge on any atom is 0.327 e. The van der Waals surface area contributed by atoms with E-state index in [0.717, 1.165) is 22.4 Å². The lowest BCUT2D eigenvalue weighted by molar-refractivity contribution is -0.139. The van der Waals surface area contributed by atoms with Crippen LogP contribution < -0.4 is 5.32 Å². The number of carbonyl (C=O) groups excluding carboxylic acids is 2. The van der Waals surface area contributed by atoms with Crippen molar-refractivity contribution in [2.45, 2.75) is 44.4 Å². The van der Waals surface area contributed by atoms with E-state index in [2.05, 4.69) is 5.32 Å². The van der Waals surface area contributed by atoms with Crippen LogP contribution in [0.3, 0.4) is 0 Å². The highest BCUT2D eigenvalue weighted by Gasteiger charge is 2.26. The Bertz CT molecular complexity index is 830. The minimum Gasteiger partial charge on any atom is -0.480 e. The zero-order valence-electron chi connectivity index (χ0n) is 17.8. The Balaban J connectivity index is 1.86. The van der Waals surface area contributed by atoms with Crippen molar-refractivity contribution in [1.29, 1.82) is 0 Å². The highest BCUT2D eigenvalue weighted by Crippen LogP contribution is 2.14. The highest BCUT2D eigenvalue weighted by atomic mass is 32.2. The molecule has 0 radical (unpaired) electrons. The van der Waals surface area contributed by atoms with Crippen molar-refractivity contribution < 1.29 is 19.5 Å². The first-order valence-corrected chi connectivity index (χ1v) is 11.7. The summed E-state index contributed by atoms with van der Waals surface area (Å²) in [5.41, 5.74) is 2.23. The number of urea groups is 1. The average molecular weight is 443 g/mol. The third kappa shape index (κ3) is 8.84. The summed E-state index contributed by atoms with van der Waals surface area (Å²) >= 11 is 1.43. The molecular weight excluding hydrogens is 412 g/mol. The van der Waals surface area contributed by atoms with Gasteiger partial charge in [0.1, 0.15) is 6.04 Å². The molecule has 0 aliphatic heterocycles. The van der Waals surface area contributed by atoms with Gasteiger partial charge >= 0.3 is 12.0 Å². The lowest BCUT2D eigenvalue weighted by Crippen LogP contribution is -2.51. The molecule has 0 fully saturated rings. The summed E-state index contributed by atoms with van der Waals surface area (Å²) in [7, 11) is 0. The van der Waals surface area contributed by atoms with Crippen LogP contribution >= 0.6 is 11.8 Å². The number of thioether (sulfide) groups is 1. The highest BCUT2D eigenvalue weighted by molar-refractivity contribution is 7.98. The minimum atomic E-state index is -1.11. The first kappa shape index (κ1) is 24.5. The van der Waals surface area contributed by atoms with Crippen LogP contribution in [0.25, 0.3) is 0 Å². The lowest BCUT2D eigenvalue weighted by Gasteiger charge is -2.23. The largest absolute Gasteiger partial charge is 0.480 e. The smallest absolute Gasteiger partial charge is 0.327 e. The maximum atomic E-state index is 12.7. The predicted molar refractivity (Wildman–Crippen MR) is 124 cm³/mol. The molecule has 6 nitrogen and oxygen atoms in total. The van der Waals surface area contributed by atoms with Crippen molar-refractivity contribution in [3.8, 4) is 0 Å². The molecule has 1 atom stereocenters. The second kappa shape index (κ2) is 13.5. The number of rotatable bonds is 12. The Kier molecular flexibility index (Phi) is 10.6. The van der Waals surface area contributed by atoms with Gasteiger partial charge in [-0.3, -0.25) is 9.69 Å². The summed E-state index contributed by atoms with van der Waals surface area (Å²) in [6, 6.07) is 17.9. The van der Waals surface area contributed by atoms with E-state index >= 15 is 0 Å². The Morgan fingerprint density at radius 3 is 2.19 bits per heavy atom. The van der Waals surface area contributed by atoms with Crippen LogP contribution in [0.2, 0.25) is 0 Å². The van der Waals surface area contributed by atoms with E-state index in [4.69, 9.17) is 0 Å². The summed E-state index contributed by atoms with van der Waals surface area (Å²) in [5, 5.41) is 12.0. The van der Waals surface area contributed by atoms with Crippen molar-refractivity contribution in [2.75, 3.05) is 12.3 Å². The predicted octanol–water partition coefficient (Wildman–Crippen LogP) is 4.34. The molecule has 7 heteroatoms. The molecule has 0 saturated carbocycles. The molecule has 31 heavy (non-hydrogen) atoms. The van der Waals surface area contributed by atoms with Gasteiger partial charge in [0.15, 0.2) is 0 Å². The topological polar surface area (TPSA) is 86.7 Å². The number of amides is 3. The lowest BCUT2D eigenvalue weighted by atomic mass is 10.1. The normalized spacial score (nSPS) is 11.5. The number of imide groups is 1. The first-order chi connectivity index (χ1) is 15.0. The standard InChI is InChI=1S/C24H30N2O4S/c1-2-16-26(22(27)15-9-14-19-10-5-3-6-11-19)24(30)25-21(23(28)29)18-31-17-20-12-7-4-8-13-20/h3-8,10-13,21H,2,9,14-18H2,1H3,(H,25,30)(H,28,29)/t21-/m0/s1. The second-order valence-electron chi connectivity index (χ2n) is 7.23. The number of carboxylic acid groups (broad SMARTS) is 1. The van der Waals surface area contributed by atoms with Crippen LogP contribution in [0.4, 0.5) is 4.79 Å². The number of hydrogen-bond acceptors (Lipinski definition) is 4. The first-order valence-electron chi connectivity index (χ1n) is 10.5. The molecule has 0 spiro atoms. The SMILES string of the molecule is CCCN(C(=O)CCCc1ccccc1)C(=O)N[C@@H](CSCc1ccccc1)C(=O)O. The van der Waals surface area contributed by atoms with Crippen LogP contribution in [0, 0.1) is 0 Å². The van der Waals surface area contributed by atoms with Gasteiger partial charge in [-0.2, -0.15) is 11.8 Å². The molecule has 0 bridgehead atoms. The number of benzene rings is 2. The Hall–Kier alpha value is -2.80. The zero-order chi connectivity index (χ0) is 22.5. The molecule has 0 aliphatic rings. The van der Waals surface area contributed by atoms with E-state index in [0.29, 0.717) is 18.6 Å². The molecule has 0 aliphatic carbocycles. The number of aliphatic carboxylic acids is 1. The summed E-state index contributed by atoms with van der Waals surface area (Å²) < 4.78 is 0. The molecule has 2 rings (SSSR count). The maximum absolute atomic E-state index is 12.7. The third-order valence-electron chi connectivity index (χ3n) is 4.68. The van der Waals surface area contributed by atoms with Crippen molar-refractivity contribution in [3.05, 3.63) is 71.8 Å². The van der Waals surface area contributed by atoms with Crippen LogP contribution in [-0.2, 0) is 21.8 Å². The van der Waals surface area contributed by atoms with E-state index in [9.17, 15) is 19.5 Å². The van der Waals surface area contributed by atoms with E-state index in [1.807, 2.05) is 67.6 Å². The van der Waals surface area contributed by atoms with Gasteiger partial charge in [0, 0.05) is 24.5 Å². The molecule has 2 N–H and O–H groups in total. The van der Waals surface area contributed by atoms with Crippen LogP contribution in [0.1, 0.15) is 37.3 Å². The number of nitrogens with one attached hydrogen (secondary N) is 1. The Labute approximate surface area is 188 Å². The van der Waals surface area contributed by atoms with Crippen LogP contribution in [0.5, 0.6) is 0 Å². The van der Waals surface area contributed by atoms with Gasteiger partial charge in [0.05, 0.1) is 0 Å². The summed E-state index contributed by atoms with van der Waals surface area (Å²) in [4.78, 5) is 38.1. The van der Waals surface area contributed by atoms with Gasteiger partial charge in [-0.25, -0.2) is 9.59 Å². The van der Waals surface area contributed by atoms with Gasteiger partial charge in [-0.15, -0.1) is 0 Å². The summed E-state index contributed by atoms with van der Waals surface area (Å²) in [5.74, 6) is -0.520. The zero-order valence-corrected chi connectivity index (χ0v) is 18.6. The fourth-order valence-corrected chi connectivity index (χ4v) is 4.06. The van der Waals surface area contributed by atoms with Gasteiger partial charge in [0.2, 0.25) is 5.91 Å². The Morgan fingerprint density at radius 1 is 1.00 bits per heavy atom. The summed E-state index contributed by atoms with van der Waals surface area (Å²) in [6.07, 6.45) is 2.23. The molecule has 2 aromatic carbocycles. The minimum absolute atomic E-state index is 0.220. The second-order valence-corrected chi connectivity index (χ2v) is 8.26. The third-order valence-corrected chi connectivity index (χ3v) is 5.79. The quantitative estimate of drug-likeness (QED) is 0.510. The molecule has 166 valence electrons. The van der Waals surface area contributed by atoms with Crippen molar-refractivity contribution in [2.24, 2.45) is 0 Å². The number of carbonyl (C=O) groups is 3. The van der Waals surface area contributed by atoms with Crippen LogP contribution in [-0.4, -0.2) is 46.3 Å². The Morgan fingerprint density at radius 2 is 1.61 bits per heavy atom. The van der Waals surface area contributed by atoms with Gasteiger partial charge < -0.3 is 10.4 Å². The molecule has 0 saturated heterocycles.